The maximum absolute atomic E-state index is 14.7. The smallest absolute Gasteiger partial charge is 0.369 e. The molecule has 0 fully saturated rings. The fourth-order valence-corrected chi connectivity index (χ4v) is 4.77. The second-order valence-electron chi connectivity index (χ2n) is 9.48. The van der Waals surface area contributed by atoms with E-state index in [0.717, 1.165) is 12.1 Å². The summed E-state index contributed by atoms with van der Waals surface area (Å²) in [6, 6.07) is 17.6. The van der Waals surface area contributed by atoms with E-state index in [0.29, 0.717) is 28.6 Å². The molecule has 0 spiro atoms. The third kappa shape index (κ3) is 6.59. The van der Waals surface area contributed by atoms with Crippen LogP contribution in [-0.4, -0.2) is 42.8 Å². The average molecular weight is 573 g/mol. The van der Waals surface area contributed by atoms with Gasteiger partial charge in [0.05, 0.1) is 23.2 Å². The van der Waals surface area contributed by atoms with E-state index in [2.05, 4.69) is 10.3 Å². The zero-order chi connectivity index (χ0) is 29.9. The fraction of sp³-hybridized carbons (Fsp3) is 0.241. The molecule has 41 heavy (non-hydrogen) atoms. The van der Waals surface area contributed by atoms with Gasteiger partial charge in [-0.2, -0.15) is 13.2 Å². The third-order valence-corrected chi connectivity index (χ3v) is 6.75. The lowest BCUT2D eigenvalue weighted by Crippen LogP contribution is -2.49. The molecular formula is C29H25F5N4O3. The molecule has 0 saturated heterocycles. The van der Waals surface area contributed by atoms with Crippen molar-refractivity contribution in [2.75, 3.05) is 11.9 Å². The van der Waals surface area contributed by atoms with Gasteiger partial charge in [0.25, 0.3) is 5.91 Å². The van der Waals surface area contributed by atoms with Gasteiger partial charge in [0.15, 0.2) is 0 Å². The number of likely N-dealkylation sites (N-methyl/N-ethyl adjacent to an activating group) is 1. The van der Waals surface area contributed by atoms with E-state index >= 15 is 0 Å². The highest BCUT2D eigenvalue weighted by molar-refractivity contribution is 6.20. The highest BCUT2D eigenvalue weighted by Crippen LogP contribution is 2.35. The topological polar surface area (TPSA) is 105 Å². The van der Waals surface area contributed by atoms with Crippen LogP contribution in [0, 0.1) is 17.6 Å². The number of hydrogen-bond acceptors (Lipinski definition) is 4. The Morgan fingerprint density at radius 2 is 1.68 bits per heavy atom. The number of benzodiazepines with no additional fused rings is 1. The Labute approximate surface area is 231 Å². The molecule has 12 heteroatoms. The largest absolute Gasteiger partial charge is 0.389 e. The Balaban J connectivity index is 1.77. The van der Waals surface area contributed by atoms with Gasteiger partial charge < -0.3 is 16.0 Å². The van der Waals surface area contributed by atoms with Crippen LogP contribution in [0.4, 0.5) is 27.6 Å². The van der Waals surface area contributed by atoms with Gasteiger partial charge in [-0.1, -0.05) is 54.6 Å². The number of benzene rings is 3. The first-order valence-corrected chi connectivity index (χ1v) is 12.5. The predicted octanol–water partition coefficient (Wildman–Crippen LogP) is 4.45. The highest BCUT2D eigenvalue weighted by atomic mass is 19.4. The molecule has 1 heterocycles. The molecule has 0 bridgehead atoms. The summed E-state index contributed by atoms with van der Waals surface area (Å²) >= 11 is 0. The van der Waals surface area contributed by atoms with Crippen LogP contribution in [0.25, 0.3) is 0 Å². The number of halogens is 5. The minimum absolute atomic E-state index is 0.326. The molecule has 3 aromatic rings. The van der Waals surface area contributed by atoms with Crippen LogP contribution in [0.3, 0.4) is 0 Å². The molecule has 7 nitrogen and oxygen atoms in total. The molecule has 4 rings (SSSR count). The van der Waals surface area contributed by atoms with Crippen molar-refractivity contribution in [1.82, 2.24) is 5.32 Å². The van der Waals surface area contributed by atoms with E-state index in [1.165, 1.54) is 11.9 Å². The minimum Gasteiger partial charge on any atom is -0.369 e. The standard InChI is InChI=1S/C29H25F5N4O3/c1-38-22-10-6-5-9-19(22)24(16-7-3-2-4-8-16)36-26(28(38)41)37-27(40)20(13-14-29(32,33)34)23(25(35)39)18-12-11-17(30)15-21(18)31/h2-12,15,20,23,26H,13-14H2,1H3,(H2,35,39)(H,37,40)/t20-,23+,26-/m1/s1. The predicted molar refractivity (Wildman–Crippen MR) is 141 cm³/mol. The van der Waals surface area contributed by atoms with E-state index in [-0.39, 0.29) is 0 Å². The molecule has 0 saturated carbocycles. The van der Waals surface area contributed by atoms with Crippen LogP contribution in [0.15, 0.2) is 77.8 Å². The molecule has 0 unspecified atom stereocenters. The normalized spacial score (nSPS) is 16.7. The number of fused-ring (bicyclic) bond motifs is 1. The van der Waals surface area contributed by atoms with Crippen molar-refractivity contribution in [1.29, 1.82) is 0 Å². The number of nitrogens with zero attached hydrogens (tertiary/aromatic N) is 2. The highest BCUT2D eigenvalue weighted by Gasteiger charge is 2.41. The first kappa shape index (κ1) is 29.4. The van der Waals surface area contributed by atoms with E-state index in [1.807, 2.05) is 0 Å². The zero-order valence-electron chi connectivity index (χ0n) is 21.7. The van der Waals surface area contributed by atoms with Crippen molar-refractivity contribution in [3.8, 4) is 0 Å². The Hall–Kier alpha value is -4.61. The zero-order valence-corrected chi connectivity index (χ0v) is 21.7. The van der Waals surface area contributed by atoms with Crippen LogP contribution in [-0.2, 0) is 14.4 Å². The summed E-state index contributed by atoms with van der Waals surface area (Å²) in [5.41, 5.74) is 6.85. The van der Waals surface area contributed by atoms with Crippen molar-refractivity contribution in [2.24, 2.45) is 16.6 Å². The summed E-state index contributed by atoms with van der Waals surface area (Å²) in [6.45, 7) is 0. The number of nitrogens with one attached hydrogen (secondary N) is 1. The number of primary amides is 1. The average Bonchev–Trinajstić information content (AvgIpc) is 3.02. The summed E-state index contributed by atoms with van der Waals surface area (Å²) in [7, 11) is 1.45. The maximum atomic E-state index is 14.7. The molecular weight excluding hydrogens is 547 g/mol. The molecule has 1 aliphatic rings. The lowest BCUT2D eigenvalue weighted by Gasteiger charge is -2.27. The van der Waals surface area contributed by atoms with Gasteiger partial charge in [-0.05, 0) is 18.6 Å². The van der Waals surface area contributed by atoms with E-state index < -0.39 is 71.9 Å². The quantitative estimate of drug-likeness (QED) is 0.390. The Bertz CT molecular complexity index is 1490. The van der Waals surface area contributed by atoms with Gasteiger partial charge >= 0.3 is 6.18 Å². The fourth-order valence-electron chi connectivity index (χ4n) is 4.77. The van der Waals surface area contributed by atoms with Gasteiger partial charge in [-0.25, -0.2) is 13.8 Å². The van der Waals surface area contributed by atoms with Gasteiger partial charge in [-0.15, -0.1) is 0 Å². The number of anilines is 1. The number of carbonyl (C=O) groups is 3. The number of aliphatic imine (C=N–C) groups is 1. The van der Waals surface area contributed by atoms with Crippen molar-refractivity contribution in [2.45, 2.75) is 31.1 Å². The molecule has 3 atom stereocenters. The minimum atomic E-state index is -4.74. The van der Waals surface area contributed by atoms with Crippen molar-refractivity contribution in [3.63, 3.8) is 0 Å². The van der Waals surface area contributed by atoms with Crippen LogP contribution in [0.5, 0.6) is 0 Å². The number of nitrogens with two attached hydrogens (primary N) is 1. The first-order chi connectivity index (χ1) is 19.4. The van der Waals surface area contributed by atoms with Crippen LogP contribution >= 0.6 is 0 Å². The third-order valence-electron chi connectivity index (χ3n) is 6.75. The lowest BCUT2D eigenvalue weighted by molar-refractivity contribution is -0.144. The summed E-state index contributed by atoms with van der Waals surface area (Å²) in [4.78, 5) is 45.2. The lowest BCUT2D eigenvalue weighted by atomic mass is 9.81. The van der Waals surface area contributed by atoms with Gasteiger partial charge in [0.1, 0.15) is 11.6 Å². The second kappa shape index (κ2) is 11.9. The van der Waals surface area contributed by atoms with Gasteiger partial charge in [-0.3, -0.25) is 14.4 Å². The Morgan fingerprint density at radius 1 is 1.02 bits per heavy atom. The molecule has 0 aliphatic carbocycles. The molecule has 3 N–H and O–H groups in total. The Kier molecular flexibility index (Phi) is 8.50. The molecule has 3 aromatic carbocycles. The van der Waals surface area contributed by atoms with Crippen molar-refractivity contribution in [3.05, 3.63) is 101 Å². The number of amides is 3. The molecule has 1 aliphatic heterocycles. The number of para-hydroxylation sites is 1. The SMILES string of the molecule is CN1C(=O)[C@@H](NC(=O)[C@H](CCC(F)(F)F)[C@@H](C(N)=O)c2ccc(F)cc2F)N=C(c2ccccc2)c2ccccc21. The summed E-state index contributed by atoms with van der Waals surface area (Å²) in [6.07, 6.45) is -8.83. The van der Waals surface area contributed by atoms with Crippen LogP contribution in [0.2, 0.25) is 0 Å². The summed E-state index contributed by atoms with van der Waals surface area (Å²) < 4.78 is 68.0. The molecule has 3 amide bonds. The summed E-state index contributed by atoms with van der Waals surface area (Å²) in [5.74, 6) is -9.22. The second-order valence-corrected chi connectivity index (χ2v) is 9.48. The monoisotopic (exact) mass is 572 g/mol. The number of carbonyl (C=O) groups excluding carboxylic acids is 3. The van der Waals surface area contributed by atoms with Crippen molar-refractivity contribution >= 4 is 29.1 Å². The van der Waals surface area contributed by atoms with Crippen LogP contribution < -0.4 is 16.0 Å². The van der Waals surface area contributed by atoms with E-state index in [4.69, 9.17) is 5.73 Å². The van der Waals surface area contributed by atoms with Gasteiger partial charge in [0.2, 0.25) is 18.0 Å². The van der Waals surface area contributed by atoms with Crippen molar-refractivity contribution < 1.29 is 36.3 Å². The summed E-state index contributed by atoms with van der Waals surface area (Å²) in [5, 5.41) is 2.36. The van der Waals surface area contributed by atoms with E-state index in [9.17, 15) is 36.3 Å². The molecule has 0 radical (unpaired) electrons. The molecule has 214 valence electrons. The number of rotatable bonds is 8. The first-order valence-electron chi connectivity index (χ1n) is 12.5. The Morgan fingerprint density at radius 3 is 2.32 bits per heavy atom. The maximum Gasteiger partial charge on any atom is 0.389 e. The van der Waals surface area contributed by atoms with Gasteiger partial charge in [0, 0.05) is 36.2 Å². The number of hydrogen-bond donors (Lipinski definition) is 2. The van der Waals surface area contributed by atoms with Crippen LogP contribution in [0.1, 0.15) is 35.4 Å². The molecule has 0 aromatic heterocycles. The van der Waals surface area contributed by atoms with E-state index in [1.54, 1.807) is 54.6 Å². The number of alkyl halides is 3.